The van der Waals surface area contributed by atoms with E-state index in [1.807, 2.05) is 0 Å². The van der Waals surface area contributed by atoms with Crippen LogP contribution in [0.2, 0.25) is 0 Å². The molecule has 2 aromatic carbocycles. The highest BCUT2D eigenvalue weighted by Crippen LogP contribution is 2.17. The number of nitrogens with one attached hydrogen (secondary N) is 1. The number of hydrogen-bond donors (Lipinski definition) is 4. The molecule has 1 unspecified atom stereocenters. The number of anilines is 1. The molecule has 0 heterocycles. The van der Waals surface area contributed by atoms with Gasteiger partial charge in [0.2, 0.25) is 5.91 Å². The number of phenols is 1. The maximum Gasteiger partial charge on any atom is 0.261 e. The Balaban J connectivity index is 1.97. The number of carbonyl (C=O) groups is 2. The van der Waals surface area contributed by atoms with Crippen LogP contribution in [0, 0.1) is 0 Å². The number of phenolic OH excluding ortho intramolecular Hbond substituents is 1. The Labute approximate surface area is 145 Å². The second-order valence-electron chi connectivity index (χ2n) is 5.66. The summed E-state index contributed by atoms with van der Waals surface area (Å²) in [5.74, 6) is -0.578. The molecule has 7 nitrogen and oxygen atoms in total. The van der Waals surface area contributed by atoms with Crippen molar-refractivity contribution in [3.05, 3.63) is 54.1 Å². The molecule has 132 valence electrons. The summed E-state index contributed by atoms with van der Waals surface area (Å²) in [4.78, 5) is 23.9. The van der Waals surface area contributed by atoms with Crippen molar-refractivity contribution in [2.24, 2.45) is 5.73 Å². The molecule has 2 amide bonds. The predicted octanol–water partition coefficient (Wildman–Crippen LogP) is 0.954. The summed E-state index contributed by atoms with van der Waals surface area (Å²) in [6.45, 7) is 1.56. The van der Waals surface area contributed by atoms with E-state index in [1.54, 1.807) is 43.3 Å². The lowest BCUT2D eigenvalue weighted by atomic mass is 10.0. The monoisotopic (exact) mass is 343 g/mol. The Kier molecular flexibility index (Phi) is 5.84. The Bertz CT molecular complexity index is 729. The molecular formula is C18H21N3O4. The maximum atomic E-state index is 12.3. The van der Waals surface area contributed by atoms with Crippen molar-refractivity contribution in [2.45, 2.75) is 25.5 Å². The molecule has 7 heteroatoms. The van der Waals surface area contributed by atoms with Gasteiger partial charge < -0.3 is 26.6 Å². The van der Waals surface area contributed by atoms with Gasteiger partial charge in [0.15, 0.2) is 6.10 Å². The Hall–Kier alpha value is -3.22. The van der Waals surface area contributed by atoms with Crippen LogP contribution in [0.15, 0.2) is 48.5 Å². The molecule has 0 saturated heterocycles. The van der Waals surface area contributed by atoms with Gasteiger partial charge in [0.25, 0.3) is 5.91 Å². The number of nitrogens with two attached hydrogens (primary N) is 2. The lowest BCUT2D eigenvalue weighted by Gasteiger charge is -2.19. The molecule has 0 spiro atoms. The van der Waals surface area contributed by atoms with Crippen LogP contribution in [-0.2, 0) is 16.0 Å². The number of hydrogen-bond acceptors (Lipinski definition) is 5. The average molecular weight is 343 g/mol. The largest absolute Gasteiger partial charge is 0.508 e. The molecule has 6 N–H and O–H groups in total. The second kappa shape index (κ2) is 8.05. The summed E-state index contributed by atoms with van der Waals surface area (Å²) in [6.07, 6.45) is -0.578. The van der Waals surface area contributed by atoms with Crippen LogP contribution in [0.5, 0.6) is 11.5 Å². The Morgan fingerprint density at radius 3 is 2.28 bits per heavy atom. The van der Waals surface area contributed by atoms with E-state index >= 15 is 0 Å². The molecule has 2 aromatic rings. The zero-order chi connectivity index (χ0) is 18.4. The van der Waals surface area contributed by atoms with E-state index in [4.69, 9.17) is 16.2 Å². The number of primary amides is 1. The predicted molar refractivity (Wildman–Crippen MR) is 93.9 cm³/mol. The van der Waals surface area contributed by atoms with E-state index in [-0.39, 0.29) is 12.2 Å². The first-order valence-electron chi connectivity index (χ1n) is 7.75. The molecule has 0 radical (unpaired) electrons. The van der Waals surface area contributed by atoms with Crippen molar-refractivity contribution in [1.82, 2.24) is 5.32 Å². The molecule has 2 atom stereocenters. The fourth-order valence-corrected chi connectivity index (χ4v) is 2.18. The van der Waals surface area contributed by atoms with Crippen LogP contribution in [0.3, 0.4) is 0 Å². The van der Waals surface area contributed by atoms with E-state index in [9.17, 15) is 14.7 Å². The van der Waals surface area contributed by atoms with Crippen molar-refractivity contribution in [1.29, 1.82) is 0 Å². The molecule has 0 bridgehead atoms. The summed E-state index contributed by atoms with van der Waals surface area (Å²) >= 11 is 0. The molecule has 0 aliphatic rings. The fourth-order valence-electron chi connectivity index (χ4n) is 2.18. The zero-order valence-corrected chi connectivity index (χ0v) is 13.8. The molecule has 0 aromatic heterocycles. The van der Waals surface area contributed by atoms with E-state index in [0.717, 1.165) is 5.56 Å². The number of ether oxygens (including phenoxy) is 1. The van der Waals surface area contributed by atoms with Gasteiger partial charge in [-0.2, -0.15) is 0 Å². The highest BCUT2D eigenvalue weighted by Gasteiger charge is 2.23. The van der Waals surface area contributed by atoms with Gasteiger partial charge in [0, 0.05) is 12.1 Å². The number of amides is 2. The minimum Gasteiger partial charge on any atom is -0.508 e. The van der Waals surface area contributed by atoms with Crippen molar-refractivity contribution in [3.8, 4) is 11.5 Å². The molecule has 2 rings (SSSR count). The number of rotatable bonds is 7. The Morgan fingerprint density at radius 1 is 1.12 bits per heavy atom. The van der Waals surface area contributed by atoms with Crippen LogP contribution in [0.4, 0.5) is 5.69 Å². The third-order valence-electron chi connectivity index (χ3n) is 3.60. The minimum atomic E-state index is -0.859. The number of aromatic hydroxyl groups is 1. The first-order chi connectivity index (χ1) is 11.8. The summed E-state index contributed by atoms with van der Waals surface area (Å²) in [5.41, 5.74) is 12.4. The van der Waals surface area contributed by atoms with E-state index < -0.39 is 24.0 Å². The van der Waals surface area contributed by atoms with Gasteiger partial charge in [-0.3, -0.25) is 9.59 Å². The number of nitrogen functional groups attached to an aromatic ring is 1. The van der Waals surface area contributed by atoms with E-state index in [0.29, 0.717) is 11.4 Å². The van der Waals surface area contributed by atoms with Gasteiger partial charge in [-0.1, -0.05) is 12.1 Å². The lowest BCUT2D eigenvalue weighted by molar-refractivity contribution is -0.131. The minimum absolute atomic E-state index is 0.0988. The standard InChI is InChI=1S/C18H21N3O4/c1-11(25-15-8-6-14(22)7-9-15)18(24)21-16(17(20)23)10-12-2-4-13(19)5-3-12/h2-9,11,16,22H,10,19H2,1H3,(H2,20,23)(H,21,24)/t11?,16-/m0/s1. The maximum absolute atomic E-state index is 12.3. The SMILES string of the molecule is CC(Oc1ccc(O)cc1)C(=O)N[C@@H](Cc1ccc(N)cc1)C(N)=O. The van der Waals surface area contributed by atoms with Crippen molar-refractivity contribution < 1.29 is 19.4 Å². The van der Waals surface area contributed by atoms with E-state index in [2.05, 4.69) is 5.32 Å². The highest BCUT2D eigenvalue weighted by atomic mass is 16.5. The fraction of sp³-hybridized carbons (Fsp3) is 0.222. The van der Waals surface area contributed by atoms with Crippen molar-refractivity contribution in [2.75, 3.05) is 5.73 Å². The highest BCUT2D eigenvalue weighted by molar-refractivity contribution is 5.88. The molecule has 0 fully saturated rings. The van der Waals surface area contributed by atoms with Crippen LogP contribution in [-0.4, -0.2) is 29.1 Å². The van der Waals surface area contributed by atoms with Crippen LogP contribution in [0.1, 0.15) is 12.5 Å². The van der Waals surface area contributed by atoms with Gasteiger partial charge in [0.05, 0.1) is 0 Å². The molecule has 0 saturated carbocycles. The first kappa shape index (κ1) is 18.1. The number of benzene rings is 2. The van der Waals surface area contributed by atoms with Gasteiger partial charge in [0.1, 0.15) is 17.5 Å². The summed E-state index contributed by atoms with van der Waals surface area (Å²) in [7, 11) is 0. The number of carbonyl (C=O) groups excluding carboxylic acids is 2. The zero-order valence-electron chi connectivity index (χ0n) is 13.8. The smallest absolute Gasteiger partial charge is 0.261 e. The van der Waals surface area contributed by atoms with E-state index in [1.165, 1.54) is 12.1 Å². The normalized spacial score (nSPS) is 12.8. The quantitative estimate of drug-likeness (QED) is 0.557. The third-order valence-corrected chi connectivity index (χ3v) is 3.60. The first-order valence-corrected chi connectivity index (χ1v) is 7.75. The molecule has 25 heavy (non-hydrogen) atoms. The van der Waals surface area contributed by atoms with Crippen molar-refractivity contribution in [3.63, 3.8) is 0 Å². The lowest BCUT2D eigenvalue weighted by Crippen LogP contribution is -2.49. The molecular weight excluding hydrogens is 322 g/mol. The summed E-state index contributed by atoms with van der Waals surface area (Å²) in [5, 5.41) is 11.8. The van der Waals surface area contributed by atoms with Crippen LogP contribution >= 0.6 is 0 Å². The van der Waals surface area contributed by atoms with Gasteiger partial charge in [-0.15, -0.1) is 0 Å². The van der Waals surface area contributed by atoms with Crippen LogP contribution in [0.25, 0.3) is 0 Å². The van der Waals surface area contributed by atoms with Gasteiger partial charge >= 0.3 is 0 Å². The topological polar surface area (TPSA) is 128 Å². The Morgan fingerprint density at radius 2 is 1.72 bits per heavy atom. The average Bonchev–Trinajstić information content (AvgIpc) is 2.58. The molecule has 0 aliphatic carbocycles. The van der Waals surface area contributed by atoms with Gasteiger partial charge in [-0.05, 0) is 48.9 Å². The third kappa shape index (κ3) is 5.42. The van der Waals surface area contributed by atoms with Crippen LogP contribution < -0.4 is 21.5 Å². The van der Waals surface area contributed by atoms with Crippen molar-refractivity contribution >= 4 is 17.5 Å². The summed E-state index contributed by atoms with van der Waals surface area (Å²) in [6, 6.07) is 12.1. The molecule has 0 aliphatic heterocycles. The summed E-state index contributed by atoms with van der Waals surface area (Å²) < 4.78 is 5.49. The second-order valence-corrected chi connectivity index (χ2v) is 5.66. The van der Waals surface area contributed by atoms with Gasteiger partial charge in [-0.25, -0.2) is 0 Å².